The van der Waals surface area contributed by atoms with Gasteiger partial charge in [0.15, 0.2) is 0 Å². The SMILES string of the molecule is c1cc(-c2cc3ccccc3c3cc4ccccc4cc23)c2c(c1)-c1cccc3cccc(c13)O2. The molecule has 1 aliphatic heterocycles. The molecule has 0 spiro atoms. The van der Waals surface area contributed by atoms with Crippen LogP contribution in [0.5, 0.6) is 11.5 Å². The van der Waals surface area contributed by atoms with Crippen molar-refractivity contribution >= 4 is 43.1 Å². The van der Waals surface area contributed by atoms with Crippen molar-refractivity contribution in [2.75, 3.05) is 0 Å². The summed E-state index contributed by atoms with van der Waals surface area (Å²) in [5.74, 6) is 1.86. The molecule has 0 radical (unpaired) electrons. The second-order valence-electron chi connectivity index (χ2n) is 9.33. The van der Waals surface area contributed by atoms with Crippen LogP contribution >= 0.6 is 0 Å². The summed E-state index contributed by atoms with van der Waals surface area (Å²) in [5.41, 5.74) is 4.71. The standard InChI is InChI=1S/C34H20O/c1-2-9-23-19-31-29(18-22(23)8-1)25-13-4-3-10-24(25)20-30(31)28-16-7-15-27-26-14-5-11-21-12-6-17-32(33(21)26)35-34(27)28/h1-20H. The van der Waals surface area contributed by atoms with Crippen LogP contribution in [0.15, 0.2) is 121 Å². The van der Waals surface area contributed by atoms with Gasteiger partial charge in [0, 0.05) is 16.5 Å². The van der Waals surface area contributed by atoms with E-state index in [1.807, 2.05) is 0 Å². The lowest BCUT2D eigenvalue weighted by molar-refractivity contribution is 0.489. The first-order valence-corrected chi connectivity index (χ1v) is 12.0. The van der Waals surface area contributed by atoms with Gasteiger partial charge in [-0.05, 0) is 73.1 Å². The molecule has 0 unspecified atom stereocenters. The van der Waals surface area contributed by atoms with Crippen molar-refractivity contribution in [3.8, 4) is 33.8 Å². The van der Waals surface area contributed by atoms with Crippen LogP contribution in [-0.2, 0) is 0 Å². The average molecular weight is 445 g/mol. The molecule has 1 heteroatoms. The van der Waals surface area contributed by atoms with Crippen molar-refractivity contribution in [3.63, 3.8) is 0 Å². The number of fused-ring (bicyclic) bond motifs is 6. The molecule has 0 N–H and O–H groups in total. The number of rotatable bonds is 1. The third kappa shape index (κ3) is 2.64. The van der Waals surface area contributed by atoms with E-state index >= 15 is 0 Å². The molecule has 0 amide bonds. The zero-order chi connectivity index (χ0) is 22.9. The predicted octanol–water partition coefficient (Wildman–Crippen LogP) is 9.74. The minimum absolute atomic E-state index is 0.925. The van der Waals surface area contributed by atoms with Crippen LogP contribution in [0.3, 0.4) is 0 Å². The third-order valence-electron chi connectivity index (χ3n) is 7.40. The van der Waals surface area contributed by atoms with E-state index in [1.165, 1.54) is 54.2 Å². The van der Waals surface area contributed by atoms with Gasteiger partial charge in [-0.3, -0.25) is 0 Å². The van der Waals surface area contributed by atoms with Crippen LogP contribution in [0.25, 0.3) is 65.3 Å². The molecular weight excluding hydrogens is 424 g/mol. The lowest BCUT2D eigenvalue weighted by Gasteiger charge is -2.24. The number of benzene rings is 7. The molecule has 7 aromatic rings. The van der Waals surface area contributed by atoms with Crippen LogP contribution in [0, 0.1) is 0 Å². The molecule has 0 saturated heterocycles. The van der Waals surface area contributed by atoms with Gasteiger partial charge in [-0.2, -0.15) is 0 Å². The zero-order valence-electron chi connectivity index (χ0n) is 19.0. The number of hydrogen-bond acceptors (Lipinski definition) is 1. The molecule has 35 heavy (non-hydrogen) atoms. The molecule has 1 nitrogen and oxygen atoms in total. The topological polar surface area (TPSA) is 9.23 Å². The lowest BCUT2D eigenvalue weighted by Crippen LogP contribution is -1.99. The van der Waals surface area contributed by atoms with E-state index < -0.39 is 0 Å². The second kappa shape index (κ2) is 6.94. The molecule has 162 valence electrons. The lowest BCUT2D eigenvalue weighted by atomic mass is 9.88. The summed E-state index contributed by atoms with van der Waals surface area (Å²) in [6, 6.07) is 43.7. The maximum atomic E-state index is 6.68. The van der Waals surface area contributed by atoms with Gasteiger partial charge >= 0.3 is 0 Å². The molecule has 0 aromatic heterocycles. The van der Waals surface area contributed by atoms with Crippen LogP contribution < -0.4 is 4.74 Å². The van der Waals surface area contributed by atoms with Crippen molar-refractivity contribution < 1.29 is 4.74 Å². The van der Waals surface area contributed by atoms with Crippen LogP contribution in [0.1, 0.15) is 0 Å². The van der Waals surface area contributed by atoms with E-state index in [1.54, 1.807) is 0 Å². The van der Waals surface area contributed by atoms with Gasteiger partial charge in [0.1, 0.15) is 11.5 Å². The highest BCUT2D eigenvalue weighted by molar-refractivity contribution is 6.18. The number of hydrogen-bond donors (Lipinski definition) is 0. The van der Waals surface area contributed by atoms with Crippen LogP contribution in [-0.4, -0.2) is 0 Å². The molecule has 8 rings (SSSR count). The fraction of sp³-hybridized carbons (Fsp3) is 0. The van der Waals surface area contributed by atoms with Gasteiger partial charge in [0.05, 0.1) is 0 Å². The highest BCUT2D eigenvalue weighted by Crippen LogP contribution is 2.51. The molecule has 7 aromatic carbocycles. The summed E-state index contributed by atoms with van der Waals surface area (Å²) in [4.78, 5) is 0. The molecule has 1 heterocycles. The Labute approximate surface area is 202 Å². The minimum Gasteiger partial charge on any atom is -0.455 e. The number of para-hydroxylation sites is 1. The van der Waals surface area contributed by atoms with E-state index in [2.05, 4.69) is 121 Å². The summed E-state index contributed by atoms with van der Waals surface area (Å²) in [6.45, 7) is 0. The Kier molecular flexibility index (Phi) is 3.72. The highest BCUT2D eigenvalue weighted by atomic mass is 16.5. The fourth-order valence-electron chi connectivity index (χ4n) is 5.81. The Bertz CT molecular complexity index is 1970. The monoisotopic (exact) mass is 444 g/mol. The van der Waals surface area contributed by atoms with Crippen molar-refractivity contribution in [1.29, 1.82) is 0 Å². The highest BCUT2D eigenvalue weighted by Gasteiger charge is 2.23. The maximum Gasteiger partial charge on any atom is 0.143 e. The van der Waals surface area contributed by atoms with E-state index in [-0.39, 0.29) is 0 Å². The van der Waals surface area contributed by atoms with E-state index in [4.69, 9.17) is 4.74 Å². The summed E-state index contributed by atoms with van der Waals surface area (Å²) in [7, 11) is 0. The fourth-order valence-corrected chi connectivity index (χ4v) is 5.81. The second-order valence-corrected chi connectivity index (χ2v) is 9.33. The minimum atomic E-state index is 0.925. The molecule has 0 bridgehead atoms. The van der Waals surface area contributed by atoms with E-state index in [0.29, 0.717) is 0 Å². The molecule has 0 saturated carbocycles. The smallest absolute Gasteiger partial charge is 0.143 e. The van der Waals surface area contributed by atoms with Crippen molar-refractivity contribution in [2.24, 2.45) is 0 Å². The van der Waals surface area contributed by atoms with Crippen molar-refractivity contribution in [3.05, 3.63) is 121 Å². The van der Waals surface area contributed by atoms with Crippen molar-refractivity contribution in [1.82, 2.24) is 0 Å². The van der Waals surface area contributed by atoms with E-state index in [9.17, 15) is 0 Å². The Morgan fingerprint density at radius 3 is 1.80 bits per heavy atom. The average Bonchev–Trinajstić information content (AvgIpc) is 2.92. The summed E-state index contributed by atoms with van der Waals surface area (Å²) in [5, 5.41) is 9.93. The summed E-state index contributed by atoms with van der Waals surface area (Å²) in [6.07, 6.45) is 0. The van der Waals surface area contributed by atoms with Gasteiger partial charge in [-0.15, -0.1) is 0 Å². The zero-order valence-corrected chi connectivity index (χ0v) is 19.0. The van der Waals surface area contributed by atoms with E-state index in [0.717, 1.165) is 22.6 Å². The number of ether oxygens (including phenoxy) is 1. The molecule has 0 aliphatic carbocycles. The summed E-state index contributed by atoms with van der Waals surface area (Å²) < 4.78 is 6.68. The van der Waals surface area contributed by atoms with Gasteiger partial charge < -0.3 is 4.74 Å². The first kappa shape index (κ1) is 18.8. The van der Waals surface area contributed by atoms with Gasteiger partial charge in [0.2, 0.25) is 0 Å². The largest absolute Gasteiger partial charge is 0.455 e. The quantitative estimate of drug-likeness (QED) is 0.181. The van der Waals surface area contributed by atoms with Gasteiger partial charge in [0.25, 0.3) is 0 Å². The van der Waals surface area contributed by atoms with Gasteiger partial charge in [-0.25, -0.2) is 0 Å². The Balaban J connectivity index is 1.50. The van der Waals surface area contributed by atoms with Crippen molar-refractivity contribution in [2.45, 2.75) is 0 Å². The molecule has 1 aliphatic rings. The molecule has 0 fully saturated rings. The van der Waals surface area contributed by atoms with Crippen LogP contribution in [0.2, 0.25) is 0 Å². The van der Waals surface area contributed by atoms with Crippen LogP contribution in [0.4, 0.5) is 0 Å². The maximum absolute atomic E-state index is 6.68. The Hall–Kier alpha value is -4.62. The molecular formula is C34H20O. The predicted molar refractivity (Wildman–Crippen MR) is 147 cm³/mol. The first-order valence-electron chi connectivity index (χ1n) is 12.0. The molecule has 0 atom stereocenters. The summed E-state index contributed by atoms with van der Waals surface area (Å²) >= 11 is 0. The first-order chi connectivity index (χ1) is 17.3. The Morgan fingerprint density at radius 2 is 0.971 bits per heavy atom. The Morgan fingerprint density at radius 1 is 0.371 bits per heavy atom. The third-order valence-corrected chi connectivity index (χ3v) is 7.40. The normalized spacial score (nSPS) is 12.2. The van der Waals surface area contributed by atoms with Gasteiger partial charge in [-0.1, -0.05) is 97.1 Å².